The monoisotopic (exact) mass is 226 g/mol. The van der Waals surface area contributed by atoms with Crippen LogP contribution in [0.1, 0.15) is 50.7 Å². The Bertz CT molecular complexity index is 257. The van der Waals surface area contributed by atoms with Gasteiger partial charge in [0.2, 0.25) is 0 Å². The van der Waals surface area contributed by atoms with Crippen LogP contribution in [0.2, 0.25) is 0 Å². The summed E-state index contributed by atoms with van der Waals surface area (Å²) in [7, 11) is 0. The average molecular weight is 226 g/mol. The van der Waals surface area contributed by atoms with Crippen LogP contribution < -0.4 is 0 Å². The average Bonchev–Trinajstić information content (AvgIpc) is 2.29. The van der Waals surface area contributed by atoms with E-state index >= 15 is 0 Å². The second-order valence-corrected chi connectivity index (χ2v) is 4.24. The molecule has 0 aromatic heterocycles. The molecule has 0 fully saturated rings. The van der Waals surface area contributed by atoms with E-state index in [0.29, 0.717) is 11.8 Å². The van der Waals surface area contributed by atoms with Crippen LogP contribution in [-0.4, -0.2) is 17.2 Å². The molecule has 0 aliphatic carbocycles. The first kappa shape index (κ1) is 15.1. The van der Waals surface area contributed by atoms with Crippen LogP contribution in [0, 0.1) is 0 Å². The second-order valence-electron chi connectivity index (χ2n) is 4.24. The number of aliphatic hydroxyl groups excluding tert-OH is 1. The Balaban J connectivity index is 0.000000487. The Morgan fingerprint density at radius 3 is 1.69 bits per heavy atom. The summed E-state index contributed by atoms with van der Waals surface area (Å²) in [5.41, 5.74) is 2.89. The van der Waals surface area contributed by atoms with E-state index in [1.165, 1.54) is 11.1 Å². The zero-order chi connectivity index (χ0) is 12.6. The molecule has 16 heavy (non-hydrogen) atoms. The lowest BCUT2D eigenvalue weighted by molar-refractivity contribution is -0.285. The molecule has 0 aliphatic heterocycles. The summed E-state index contributed by atoms with van der Waals surface area (Å²) in [5.74, 6) is 1.28. The van der Waals surface area contributed by atoms with Gasteiger partial charge in [-0.1, -0.05) is 52.0 Å². The lowest BCUT2D eigenvalue weighted by atomic mass is 9.96. The molecule has 92 valence electrons. The lowest BCUT2D eigenvalue weighted by Gasteiger charge is -2.09. The highest BCUT2D eigenvalue weighted by Gasteiger charge is 2.02. The van der Waals surface area contributed by atoms with Gasteiger partial charge in [0, 0.05) is 0 Å². The van der Waals surface area contributed by atoms with E-state index in [2.05, 4.69) is 56.8 Å². The van der Waals surface area contributed by atoms with Crippen LogP contribution in [0.4, 0.5) is 0 Å². The van der Waals surface area contributed by atoms with E-state index in [1.54, 1.807) is 0 Å². The van der Waals surface area contributed by atoms with Crippen molar-refractivity contribution in [1.82, 2.24) is 0 Å². The van der Waals surface area contributed by atoms with Gasteiger partial charge in [-0.25, -0.2) is 10.1 Å². The third kappa shape index (κ3) is 5.85. The number of rotatable bonds is 3. The molecule has 0 unspecified atom stereocenters. The van der Waals surface area contributed by atoms with Crippen LogP contribution in [0.5, 0.6) is 0 Å². The van der Waals surface area contributed by atoms with Gasteiger partial charge in [-0.2, -0.15) is 0 Å². The van der Waals surface area contributed by atoms with Crippen LogP contribution in [0.15, 0.2) is 24.3 Å². The third-order valence-corrected chi connectivity index (χ3v) is 2.30. The van der Waals surface area contributed by atoms with E-state index in [0.717, 1.165) is 0 Å². The Morgan fingerprint density at radius 1 is 1.06 bits per heavy atom. The molecule has 1 aromatic rings. The van der Waals surface area contributed by atoms with Gasteiger partial charge < -0.3 is 5.11 Å². The summed E-state index contributed by atoms with van der Waals surface area (Å²) >= 11 is 0. The van der Waals surface area contributed by atoms with E-state index < -0.39 is 6.79 Å². The molecule has 2 N–H and O–H groups in total. The van der Waals surface area contributed by atoms with Crippen LogP contribution >= 0.6 is 0 Å². The standard InChI is InChI=1S/C12H18.CH4O3/c1-9(2)11-6-5-7-12(8-11)10(3)4;2-1-4-3/h5-10H,1-4H3;2-3H,1H2. The van der Waals surface area contributed by atoms with Crippen molar-refractivity contribution in [3.05, 3.63) is 35.4 Å². The summed E-state index contributed by atoms with van der Waals surface area (Å²) in [6, 6.07) is 8.88. The molecule has 0 heterocycles. The Morgan fingerprint density at radius 2 is 1.44 bits per heavy atom. The summed E-state index contributed by atoms with van der Waals surface area (Å²) in [6.45, 7) is 8.32. The fourth-order valence-electron chi connectivity index (χ4n) is 1.28. The molecular weight excluding hydrogens is 204 g/mol. The van der Waals surface area contributed by atoms with E-state index in [9.17, 15) is 0 Å². The van der Waals surface area contributed by atoms with Crippen molar-refractivity contribution in [3.8, 4) is 0 Å². The predicted molar refractivity (Wildman–Crippen MR) is 65.4 cm³/mol. The van der Waals surface area contributed by atoms with Crippen molar-refractivity contribution in [2.75, 3.05) is 6.79 Å². The van der Waals surface area contributed by atoms with Gasteiger partial charge in [0.05, 0.1) is 0 Å². The van der Waals surface area contributed by atoms with Crippen molar-refractivity contribution in [2.24, 2.45) is 0 Å². The summed E-state index contributed by atoms with van der Waals surface area (Å²) in [6.07, 6.45) is 0. The molecule has 0 amide bonds. The third-order valence-electron chi connectivity index (χ3n) is 2.30. The highest BCUT2D eigenvalue weighted by Crippen LogP contribution is 2.20. The molecule has 3 nitrogen and oxygen atoms in total. The fraction of sp³-hybridized carbons (Fsp3) is 0.538. The van der Waals surface area contributed by atoms with Crippen LogP contribution in [-0.2, 0) is 4.89 Å². The maximum absolute atomic E-state index is 7.40. The lowest BCUT2D eigenvalue weighted by Crippen LogP contribution is -1.91. The Hall–Kier alpha value is -0.900. The van der Waals surface area contributed by atoms with Gasteiger partial charge in [0.25, 0.3) is 0 Å². The molecule has 0 aliphatic rings. The first-order chi connectivity index (χ1) is 7.52. The normalized spacial score (nSPS) is 10.2. The highest BCUT2D eigenvalue weighted by molar-refractivity contribution is 5.27. The van der Waals surface area contributed by atoms with Gasteiger partial charge >= 0.3 is 0 Å². The molecule has 0 spiro atoms. The maximum Gasteiger partial charge on any atom is 0.177 e. The molecular formula is C13H22O3. The Kier molecular flexibility index (Phi) is 7.81. The zero-order valence-electron chi connectivity index (χ0n) is 10.5. The van der Waals surface area contributed by atoms with E-state index in [1.807, 2.05) is 0 Å². The zero-order valence-corrected chi connectivity index (χ0v) is 10.5. The summed E-state index contributed by atoms with van der Waals surface area (Å²) in [5, 5.41) is 14.5. The molecule has 1 aromatic carbocycles. The number of aliphatic hydroxyl groups is 1. The van der Waals surface area contributed by atoms with Crippen molar-refractivity contribution in [2.45, 2.75) is 39.5 Å². The van der Waals surface area contributed by atoms with Gasteiger partial charge in [-0.15, -0.1) is 0 Å². The minimum atomic E-state index is -0.625. The van der Waals surface area contributed by atoms with Crippen LogP contribution in [0.3, 0.4) is 0 Å². The minimum absolute atomic E-state index is 0.625. The molecule has 0 radical (unpaired) electrons. The Labute approximate surface area is 97.6 Å². The van der Waals surface area contributed by atoms with Gasteiger partial charge in [-0.05, 0) is 23.0 Å². The number of hydrogen-bond donors (Lipinski definition) is 2. The molecule has 0 atom stereocenters. The topological polar surface area (TPSA) is 49.7 Å². The van der Waals surface area contributed by atoms with E-state index in [4.69, 9.17) is 10.4 Å². The number of hydrogen-bond acceptors (Lipinski definition) is 3. The largest absolute Gasteiger partial charge is 0.368 e. The van der Waals surface area contributed by atoms with Gasteiger partial charge in [0.15, 0.2) is 6.79 Å². The molecule has 0 saturated heterocycles. The van der Waals surface area contributed by atoms with Crippen molar-refractivity contribution in [1.29, 1.82) is 0 Å². The molecule has 0 bridgehead atoms. The smallest absolute Gasteiger partial charge is 0.177 e. The van der Waals surface area contributed by atoms with Gasteiger partial charge in [0.1, 0.15) is 0 Å². The molecule has 0 saturated carbocycles. The predicted octanol–water partition coefficient (Wildman–Crippen LogP) is 3.36. The van der Waals surface area contributed by atoms with Crippen LogP contribution in [0.25, 0.3) is 0 Å². The highest BCUT2D eigenvalue weighted by atomic mass is 17.1. The summed E-state index contributed by atoms with van der Waals surface area (Å²) in [4.78, 5) is 3.10. The molecule has 1 rings (SSSR count). The van der Waals surface area contributed by atoms with Crippen molar-refractivity contribution in [3.63, 3.8) is 0 Å². The molecule has 3 heteroatoms. The SMILES string of the molecule is CC(C)c1cccc(C(C)C)c1.OCOO. The summed E-state index contributed by atoms with van der Waals surface area (Å²) < 4.78 is 0. The second kappa shape index (κ2) is 8.28. The first-order valence-corrected chi connectivity index (χ1v) is 5.50. The van der Waals surface area contributed by atoms with Crippen molar-refractivity contribution < 1.29 is 15.3 Å². The fourth-order valence-corrected chi connectivity index (χ4v) is 1.28. The minimum Gasteiger partial charge on any atom is -0.368 e. The first-order valence-electron chi connectivity index (χ1n) is 5.50. The maximum atomic E-state index is 7.40. The quantitative estimate of drug-likeness (QED) is 0.472. The van der Waals surface area contributed by atoms with Crippen molar-refractivity contribution >= 4 is 0 Å². The van der Waals surface area contributed by atoms with E-state index in [-0.39, 0.29) is 0 Å². The number of benzene rings is 1. The van der Waals surface area contributed by atoms with Gasteiger partial charge in [-0.3, -0.25) is 0 Å².